The lowest BCUT2D eigenvalue weighted by atomic mass is 10.1. The van der Waals surface area contributed by atoms with Crippen molar-refractivity contribution >= 4 is 23.4 Å². The molecule has 0 heterocycles. The number of hydrogen-bond acceptors (Lipinski definition) is 4. The zero-order valence-electron chi connectivity index (χ0n) is 9.66. The molecule has 0 saturated carbocycles. The first-order valence-electron chi connectivity index (χ1n) is 5.02. The first kappa shape index (κ1) is 13.5. The summed E-state index contributed by atoms with van der Waals surface area (Å²) in [7, 11) is 2.74. The first-order chi connectivity index (χ1) is 8.10. The van der Waals surface area contributed by atoms with Crippen LogP contribution in [0.25, 0.3) is 0 Å². The third kappa shape index (κ3) is 3.46. The van der Waals surface area contributed by atoms with Crippen LogP contribution in [0.5, 0.6) is 5.75 Å². The average Bonchev–Trinajstić information content (AvgIpc) is 2.34. The summed E-state index contributed by atoms with van der Waals surface area (Å²) in [4.78, 5) is 22.8. The Morgan fingerprint density at radius 1 is 1.24 bits per heavy atom. The normalized spacial score (nSPS) is 9.82. The minimum atomic E-state index is -0.427. The van der Waals surface area contributed by atoms with Crippen molar-refractivity contribution in [3.8, 4) is 5.75 Å². The van der Waals surface area contributed by atoms with E-state index in [0.29, 0.717) is 16.3 Å². The number of carbonyl (C=O) groups excluding carboxylic acids is 2. The topological polar surface area (TPSA) is 52.6 Å². The van der Waals surface area contributed by atoms with Crippen LogP contribution >= 0.6 is 11.6 Å². The van der Waals surface area contributed by atoms with Gasteiger partial charge in [0, 0.05) is 6.42 Å². The number of benzene rings is 1. The van der Waals surface area contributed by atoms with Crippen LogP contribution in [0.4, 0.5) is 0 Å². The second-order valence-electron chi connectivity index (χ2n) is 3.32. The van der Waals surface area contributed by atoms with Gasteiger partial charge in [-0.3, -0.25) is 9.59 Å². The van der Waals surface area contributed by atoms with Crippen molar-refractivity contribution in [3.63, 3.8) is 0 Å². The fraction of sp³-hybridized carbons (Fsp3) is 0.333. The highest BCUT2D eigenvalue weighted by molar-refractivity contribution is 6.34. The van der Waals surface area contributed by atoms with E-state index in [9.17, 15) is 9.59 Å². The fourth-order valence-corrected chi connectivity index (χ4v) is 1.66. The molecule has 0 aliphatic heterocycles. The van der Waals surface area contributed by atoms with Crippen molar-refractivity contribution in [1.29, 1.82) is 0 Å². The van der Waals surface area contributed by atoms with Gasteiger partial charge in [-0.1, -0.05) is 17.7 Å². The number of ketones is 1. The molecular weight excluding hydrogens is 244 g/mol. The van der Waals surface area contributed by atoms with Gasteiger partial charge in [-0.2, -0.15) is 0 Å². The summed E-state index contributed by atoms with van der Waals surface area (Å²) in [5.41, 5.74) is 0.306. The first-order valence-corrected chi connectivity index (χ1v) is 5.40. The molecule has 5 heteroatoms. The molecule has 92 valence electrons. The molecule has 0 N–H and O–H groups in total. The highest BCUT2D eigenvalue weighted by Gasteiger charge is 2.17. The monoisotopic (exact) mass is 256 g/mol. The van der Waals surface area contributed by atoms with Crippen molar-refractivity contribution in [3.05, 3.63) is 28.8 Å². The van der Waals surface area contributed by atoms with Crippen molar-refractivity contribution in [2.24, 2.45) is 0 Å². The second kappa shape index (κ2) is 6.25. The van der Waals surface area contributed by atoms with Gasteiger partial charge in [0.2, 0.25) is 0 Å². The molecule has 0 aliphatic carbocycles. The number of Topliss-reactive ketones (excluding diaryl/α,β-unsaturated/α-hetero) is 1. The smallest absolute Gasteiger partial charge is 0.305 e. The summed E-state index contributed by atoms with van der Waals surface area (Å²) >= 11 is 5.94. The SMILES string of the molecule is COC(=O)CCC(=O)c1c(Cl)cccc1OC. The summed E-state index contributed by atoms with van der Waals surface area (Å²) in [6.45, 7) is 0. The molecule has 17 heavy (non-hydrogen) atoms. The number of ether oxygens (including phenoxy) is 2. The standard InChI is InChI=1S/C12H13ClO4/c1-16-10-5-3-4-8(13)12(10)9(14)6-7-11(15)17-2/h3-5H,6-7H2,1-2H3. The van der Waals surface area contributed by atoms with Crippen molar-refractivity contribution in [2.75, 3.05) is 14.2 Å². The average molecular weight is 257 g/mol. The van der Waals surface area contributed by atoms with E-state index in [1.54, 1.807) is 18.2 Å². The Morgan fingerprint density at radius 3 is 2.53 bits per heavy atom. The molecule has 1 aromatic rings. The summed E-state index contributed by atoms with van der Waals surface area (Å²) in [5, 5.41) is 0.319. The third-order valence-corrected chi connectivity index (χ3v) is 2.57. The van der Waals surface area contributed by atoms with Gasteiger partial charge in [0.15, 0.2) is 5.78 Å². The Morgan fingerprint density at radius 2 is 1.94 bits per heavy atom. The molecule has 0 aliphatic rings. The van der Waals surface area contributed by atoms with Gasteiger partial charge >= 0.3 is 5.97 Å². The number of rotatable bonds is 5. The van der Waals surface area contributed by atoms with E-state index < -0.39 is 5.97 Å². The maximum Gasteiger partial charge on any atom is 0.305 e. The third-order valence-electron chi connectivity index (χ3n) is 2.26. The highest BCUT2D eigenvalue weighted by Crippen LogP contribution is 2.27. The largest absolute Gasteiger partial charge is 0.496 e. The van der Waals surface area contributed by atoms with Crippen LogP contribution < -0.4 is 4.74 Å². The quantitative estimate of drug-likeness (QED) is 0.600. The zero-order valence-corrected chi connectivity index (χ0v) is 10.4. The van der Waals surface area contributed by atoms with E-state index in [0.717, 1.165) is 0 Å². The summed E-state index contributed by atoms with van der Waals surface area (Å²) in [6.07, 6.45) is 0.0798. The number of methoxy groups -OCH3 is 2. The maximum absolute atomic E-state index is 11.9. The Hall–Kier alpha value is -1.55. The molecule has 1 rings (SSSR count). The van der Waals surface area contributed by atoms with E-state index in [-0.39, 0.29) is 18.6 Å². The van der Waals surface area contributed by atoms with Gasteiger partial charge in [-0.05, 0) is 12.1 Å². The molecule has 0 fully saturated rings. The van der Waals surface area contributed by atoms with Crippen LogP contribution in [-0.2, 0) is 9.53 Å². The van der Waals surface area contributed by atoms with Gasteiger partial charge in [0.05, 0.1) is 31.2 Å². The van der Waals surface area contributed by atoms with Gasteiger partial charge in [0.25, 0.3) is 0 Å². The van der Waals surface area contributed by atoms with Crippen molar-refractivity contribution < 1.29 is 19.1 Å². The maximum atomic E-state index is 11.9. The molecule has 1 aromatic carbocycles. The summed E-state index contributed by atoms with van der Waals surface area (Å²) in [5.74, 6) is -0.255. The number of halogens is 1. The predicted molar refractivity (Wildman–Crippen MR) is 63.6 cm³/mol. The molecule has 0 spiro atoms. The lowest BCUT2D eigenvalue weighted by Gasteiger charge is -2.08. The lowest BCUT2D eigenvalue weighted by Crippen LogP contribution is -2.07. The van der Waals surface area contributed by atoms with Crippen LogP contribution in [0.3, 0.4) is 0 Å². The molecule has 0 amide bonds. The molecule has 0 radical (unpaired) electrons. The Bertz CT molecular complexity index is 429. The van der Waals surface area contributed by atoms with Crippen molar-refractivity contribution in [1.82, 2.24) is 0 Å². The Balaban J connectivity index is 2.85. The predicted octanol–water partition coefficient (Wildman–Crippen LogP) is 2.48. The molecular formula is C12H13ClO4. The van der Waals surface area contributed by atoms with Gasteiger partial charge in [0.1, 0.15) is 5.75 Å². The van der Waals surface area contributed by atoms with E-state index in [4.69, 9.17) is 16.3 Å². The minimum absolute atomic E-state index is 0.0315. The summed E-state index contributed by atoms with van der Waals surface area (Å²) in [6, 6.07) is 4.95. The second-order valence-corrected chi connectivity index (χ2v) is 3.72. The Kier molecular flexibility index (Phi) is 4.97. The number of hydrogen-bond donors (Lipinski definition) is 0. The van der Waals surface area contributed by atoms with Gasteiger partial charge < -0.3 is 9.47 Å². The molecule has 0 saturated heterocycles. The van der Waals surface area contributed by atoms with Crippen LogP contribution in [0, 0.1) is 0 Å². The molecule has 0 aromatic heterocycles. The van der Waals surface area contributed by atoms with Crippen LogP contribution in [0.1, 0.15) is 23.2 Å². The minimum Gasteiger partial charge on any atom is -0.496 e. The molecule has 4 nitrogen and oxygen atoms in total. The molecule has 0 unspecified atom stereocenters. The summed E-state index contributed by atoms with van der Waals surface area (Å²) < 4.78 is 9.53. The Labute approximate surface area is 104 Å². The zero-order chi connectivity index (χ0) is 12.8. The van der Waals surface area contributed by atoms with Gasteiger partial charge in [-0.25, -0.2) is 0 Å². The van der Waals surface area contributed by atoms with E-state index in [2.05, 4.69) is 4.74 Å². The van der Waals surface area contributed by atoms with E-state index in [1.165, 1.54) is 14.2 Å². The number of esters is 1. The molecule has 0 bridgehead atoms. The van der Waals surface area contributed by atoms with Crippen molar-refractivity contribution in [2.45, 2.75) is 12.8 Å². The lowest BCUT2D eigenvalue weighted by molar-refractivity contribution is -0.140. The van der Waals surface area contributed by atoms with E-state index >= 15 is 0 Å². The highest BCUT2D eigenvalue weighted by atomic mass is 35.5. The number of carbonyl (C=O) groups is 2. The van der Waals surface area contributed by atoms with Crippen LogP contribution in [0.15, 0.2) is 18.2 Å². The van der Waals surface area contributed by atoms with Crippen LogP contribution in [-0.4, -0.2) is 26.0 Å². The fourth-order valence-electron chi connectivity index (χ4n) is 1.39. The van der Waals surface area contributed by atoms with Crippen LogP contribution in [0.2, 0.25) is 5.02 Å². The van der Waals surface area contributed by atoms with Gasteiger partial charge in [-0.15, -0.1) is 0 Å². The molecule has 0 atom stereocenters. The van der Waals surface area contributed by atoms with E-state index in [1.807, 2.05) is 0 Å².